The second-order valence-corrected chi connectivity index (χ2v) is 6.49. The Kier molecular flexibility index (Phi) is 4.87. The molecule has 0 saturated carbocycles. The number of amides is 1. The van der Waals surface area contributed by atoms with Crippen LogP contribution in [0.3, 0.4) is 0 Å². The van der Waals surface area contributed by atoms with Crippen LogP contribution in [0.1, 0.15) is 21.7 Å². The van der Waals surface area contributed by atoms with Crippen LogP contribution in [-0.2, 0) is 6.54 Å². The highest BCUT2D eigenvalue weighted by Gasteiger charge is 2.14. The van der Waals surface area contributed by atoms with Crippen molar-refractivity contribution >= 4 is 22.6 Å². The Morgan fingerprint density at radius 2 is 2.03 bits per heavy atom. The van der Waals surface area contributed by atoms with Gasteiger partial charge in [0.15, 0.2) is 0 Å². The lowest BCUT2D eigenvalue weighted by Crippen LogP contribution is -2.28. The standard InChI is InChI=1S/C22H17FN2O4/c1-13-9-15(23)5-7-19(13)25-22-18(21(27)24-12-17-3-2-8-28-17)10-14-4-6-16(26)11-20(14)29-22/h2-11,26H,12H2,1H3,(H,24,27). The summed E-state index contributed by atoms with van der Waals surface area (Å²) in [6, 6.07) is 13.9. The van der Waals surface area contributed by atoms with E-state index >= 15 is 0 Å². The molecular weight excluding hydrogens is 375 g/mol. The zero-order valence-electron chi connectivity index (χ0n) is 15.5. The number of rotatable bonds is 4. The molecule has 2 aromatic heterocycles. The van der Waals surface area contributed by atoms with Crippen molar-refractivity contribution in [3.63, 3.8) is 0 Å². The average Bonchev–Trinajstić information content (AvgIpc) is 3.21. The maximum Gasteiger partial charge on any atom is 0.257 e. The normalized spacial score (nSPS) is 11.7. The van der Waals surface area contributed by atoms with Gasteiger partial charge >= 0.3 is 0 Å². The molecule has 7 heteroatoms. The Labute approximate surface area is 164 Å². The fourth-order valence-corrected chi connectivity index (χ4v) is 2.88. The van der Waals surface area contributed by atoms with E-state index in [0.717, 1.165) is 0 Å². The number of nitrogens with zero attached hydrogens (tertiary/aromatic N) is 1. The summed E-state index contributed by atoms with van der Waals surface area (Å²) in [6.45, 7) is 1.92. The third-order valence-electron chi connectivity index (χ3n) is 4.36. The van der Waals surface area contributed by atoms with E-state index < -0.39 is 5.91 Å². The summed E-state index contributed by atoms with van der Waals surface area (Å²) >= 11 is 0. The first kappa shape index (κ1) is 18.5. The summed E-state index contributed by atoms with van der Waals surface area (Å²) in [5.41, 5.74) is 1.69. The highest BCUT2D eigenvalue weighted by molar-refractivity contribution is 5.96. The topological polar surface area (TPSA) is 88.0 Å². The van der Waals surface area contributed by atoms with Crippen molar-refractivity contribution in [3.8, 4) is 5.75 Å². The van der Waals surface area contributed by atoms with Gasteiger partial charge in [0.1, 0.15) is 28.5 Å². The first-order chi connectivity index (χ1) is 14.0. The Morgan fingerprint density at radius 1 is 1.17 bits per heavy atom. The Hall–Kier alpha value is -3.87. The minimum Gasteiger partial charge on any atom is -0.508 e. The van der Waals surface area contributed by atoms with Crippen molar-refractivity contribution in [2.75, 3.05) is 0 Å². The van der Waals surface area contributed by atoms with Crippen LogP contribution in [0.2, 0.25) is 0 Å². The first-order valence-electron chi connectivity index (χ1n) is 8.88. The predicted molar refractivity (Wildman–Crippen MR) is 104 cm³/mol. The van der Waals surface area contributed by atoms with Gasteiger partial charge in [-0.05, 0) is 61.0 Å². The number of nitrogens with one attached hydrogen (secondary N) is 1. The van der Waals surface area contributed by atoms with E-state index in [4.69, 9.17) is 8.83 Å². The molecule has 146 valence electrons. The van der Waals surface area contributed by atoms with Crippen LogP contribution in [0, 0.1) is 12.7 Å². The molecule has 0 unspecified atom stereocenters. The number of hydrogen-bond acceptors (Lipinski definition) is 5. The third-order valence-corrected chi connectivity index (χ3v) is 4.36. The van der Waals surface area contributed by atoms with Crippen LogP contribution in [-0.4, -0.2) is 11.0 Å². The van der Waals surface area contributed by atoms with Crippen molar-refractivity contribution in [2.45, 2.75) is 13.5 Å². The number of hydrogen-bond donors (Lipinski definition) is 2. The summed E-state index contributed by atoms with van der Waals surface area (Å²) in [7, 11) is 0. The van der Waals surface area contributed by atoms with E-state index in [2.05, 4.69) is 10.3 Å². The van der Waals surface area contributed by atoms with Crippen LogP contribution in [0.25, 0.3) is 11.0 Å². The van der Waals surface area contributed by atoms with E-state index in [1.165, 1.54) is 36.6 Å². The van der Waals surface area contributed by atoms with Crippen LogP contribution in [0.5, 0.6) is 5.75 Å². The largest absolute Gasteiger partial charge is 0.508 e. The zero-order chi connectivity index (χ0) is 20.4. The number of carbonyl (C=O) groups is 1. The van der Waals surface area contributed by atoms with Gasteiger partial charge < -0.3 is 19.3 Å². The first-order valence-corrected chi connectivity index (χ1v) is 8.88. The zero-order valence-corrected chi connectivity index (χ0v) is 15.5. The highest BCUT2D eigenvalue weighted by Crippen LogP contribution is 2.22. The minimum atomic E-state index is -0.404. The quantitative estimate of drug-likeness (QED) is 0.541. The molecule has 0 spiro atoms. The molecule has 1 amide bonds. The second kappa shape index (κ2) is 7.63. The maximum atomic E-state index is 13.4. The Balaban J connectivity index is 1.82. The number of carbonyl (C=O) groups excluding carboxylic acids is 1. The molecular formula is C22H17FN2O4. The lowest BCUT2D eigenvalue weighted by Gasteiger charge is -2.07. The van der Waals surface area contributed by atoms with Gasteiger partial charge in [0.2, 0.25) is 5.55 Å². The van der Waals surface area contributed by atoms with E-state index in [9.17, 15) is 14.3 Å². The smallest absolute Gasteiger partial charge is 0.257 e. The van der Waals surface area contributed by atoms with Gasteiger partial charge in [-0.25, -0.2) is 9.38 Å². The summed E-state index contributed by atoms with van der Waals surface area (Å²) < 4.78 is 24.5. The van der Waals surface area contributed by atoms with Gasteiger partial charge in [-0.3, -0.25) is 4.79 Å². The number of halogens is 1. The van der Waals surface area contributed by atoms with Crippen molar-refractivity contribution in [2.24, 2.45) is 4.99 Å². The van der Waals surface area contributed by atoms with E-state index in [1.54, 1.807) is 31.2 Å². The van der Waals surface area contributed by atoms with Crippen molar-refractivity contribution < 1.29 is 23.1 Å². The van der Waals surface area contributed by atoms with Crippen molar-refractivity contribution in [1.82, 2.24) is 5.32 Å². The van der Waals surface area contributed by atoms with Gasteiger partial charge in [0.05, 0.1) is 18.5 Å². The fraction of sp³-hybridized carbons (Fsp3) is 0.0909. The molecule has 0 fully saturated rings. The van der Waals surface area contributed by atoms with Gasteiger partial charge in [-0.15, -0.1) is 0 Å². The molecule has 6 nitrogen and oxygen atoms in total. The molecule has 0 aliphatic rings. The summed E-state index contributed by atoms with van der Waals surface area (Å²) in [5.74, 6) is -0.147. The molecule has 0 aliphatic heterocycles. The van der Waals surface area contributed by atoms with Gasteiger partial charge in [-0.1, -0.05) is 0 Å². The molecule has 0 atom stereocenters. The van der Waals surface area contributed by atoms with Crippen molar-refractivity contribution in [1.29, 1.82) is 0 Å². The lowest BCUT2D eigenvalue weighted by atomic mass is 10.1. The molecule has 0 bridgehead atoms. The Morgan fingerprint density at radius 3 is 2.79 bits per heavy atom. The lowest BCUT2D eigenvalue weighted by molar-refractivity contribution is 0.0944. The molecule has 0 saturated heterocycles. The fourth-order valence-electron chi connectivity index (χ4n) is 2.88. The number of aryl methyl sites for hydroxylation is 1. The van der Waals surface area contributed by atoms with Crippen LogP contribution < -0.4 is 10.9 Å². The summed E-state index contributed by atoms with van der Waals surface area (Å²) in [5, 5.41) is 13.1. The Bertz CT molecular complexity index is 1260. The molecule has 29 heavy (non-hydrogen) atoms. The maximum absolute atomic E-state index is 13.4. The van der Waals surface area contributed by atoms with E-state index in [0.29, 0.717) is 28.0 Å². The molecule has 2 heterocycles. The average molecular weight is 392 g/mol. The van der Waals surface area contributed by atoms with Crippen LogP contribution >= 0.6 is 0 Å². The van der Waals surface area contributed by atoms with E-state index in [-0.39, 0.29) is 29.2 Å². The molecule has 4 aromatic rings. The number of phenolic OH excluding ortho intramolecular Hbond substituents is 1. The second-order valence-electron chi connectivity index (χ2n) is 6.49. The van der Waals surface area contributed by atoms with E-state index in [1.807, 2.05) is 0 Å². The molecule has 2 aromatic carbocycles. The number of benzene rings is 2. The minimum absolute atomic E-state index is 0.0279. The number of fused-ring (bicyclic) bond motifs is 1. The predicted octanol–water partition coefficient (Wildman–Crippen LogP) is 4.34. The molecule has 2 N–H and O–H groups in total. The number of furan rings is 1. The van der Waals surface area contributed by atoms with Crippen LogP contribution in [0.15, 0.2) is 74.7 Å². The van der Waals surface area contributed by atoms with Crippen LogP contribution in [0.4, 0.5) is 10.1 Å². The van der Waals surface area contributed by atoms with Crippen molar-refractivity contribution in [3.05, 3.63) is 89.1 Å². The summed E-state index contributed by atoms with van der Waals surface area (Å²) in [6.07, 6.45) is 1.53. The van der Waals surface area contributed by atoms with Gasteiger partial charge in [0, 0.05) is 11.5 Å². The van der Waals surface area contributed by atoms with Gasteiger partial charge in [-0.2, -0.15) is 0 Å². The SMILES string of the molecule is Cc1cc(F)ccc1N=c1oc2cc(O)ccc2cc1C(=O)NCc1ccco1. The molecule has 4 rings (SSSR count). The number of aromatic hydroxyl groups is 1. The third kappa shape index (κ3) is 4.03. The summed E-state index contributed by atoms with van der Waals surface area (Å²) in [4.78, 5) is 17.2. The molecule has 0 radical (unpaired) electrons. The molecule has 0 aliphatic carbocycles. The number of phenols is 1. The monoisotopic (exact) mass is 392 g/mol. The highest BCUT2D eigenvalue weighted by atomic mass is 19.1. The van der Waals surface area contributed by atoms with Gasteiger partial charge in [0.25, 0.3) is 5.91 Å².